The smallest absolute Gasteiger partial charge is 0.336 e. The maximum absolute atomic E-state index is 13.7. The molecule has 7 rings (SSSR count). The summed E-state index contributed by atoms with van der Waals surface area (Å²) in [5.41, 5.74) is -1.32. The molecule has 1 aliphatic heterocycles. The van der Waals surface area contributed by atoms with Gasteiger partial charge in [0.2, 0.25) is 0 Å². The van der Waals surface area contributed by atoms with Gasteiger partial charge in [0.15, 0.2) is 0 Å². The van der Waals surface area contributed by atoms with Crippen LogP contribution in [-0.4, -0.2) is 67.9 Å². The molecule has 4 amide bonds. The Morgan fingerprint density at radius 2 is 0.787 bits per heavy atom. The van der Waals surface area contributed by atoms with Crippen LogP contribution in [0.3, 0.4) is 0 Å². The molecule has 0 aliphatic carbocycles. The fraction of sp³-hybridized carbons (Fsp3) is 0. The van der Waals surface area contributed by atoms with E-state index in [4.69, 9.17) is 9.47 Å². The largest absolute Gasteiger partial charge is 0.478 e. The summed E-state index contributed by atoms with van der Waals surface area (Å²) in [7, 11) is 0. The van der Waals surface area contributed by atoms with Crippen molar-refractivity contribution in [3.63, 3.8) is 0 Å². The fourth-order valence-corrected chi connectivity index (χ4v) is 6.22. The Morgan fingerprint density at radius 3 is 1.15 bits per heavy atom. The van der Waals surface area contributed by atoms with Crippen LogP contribution in [0.4, 0.5) is 17.1 Å². The van der Waals surface area contributed by atoms with Gasteiger partial charge in [-0.2, -0.15) is 0 Å². The Kier molecular flexibility index (Phi) is 10.8. The van der Waals surface area contributed by atoms with Crippen molar-refractivity contribution in [3.05, 3.63) is 172 Å². The first-order valence-electron chi connectivity index (χ1n) is 17.7. The highest BCUT2D eigenvalue weighted by atomic mass is 16.5. The monoisotopic (exact) mass is 821 g/mol. The number of carboxylic acid groups (broad SMARTS) is 4. The zero-order valence-electron chi connectivity index (χ0n) is 30.9. The van der Waals surface area contributed by atoms with Crippen LogP contribution in [0.25, 0.3) is 0 Å². The summed E-state index contributed by atoms with van der Waals surface area (Å²) >= 11 is 0. The van der Waals surface area contributed by atoms with Crippen LogP contribution in [0.15, 0.2) is 127 Å². The molecule has 0 aromatic heterocycles. The lowest BCUT2D eigenvalue weighted by molar-refractivity contribution is 0.0651. The van der Waals surface area contributed by atoms with Crippen LogP contribution in [0.5, 0.6) is 23.0 Å². The number of rotatable bonds is 13. The van der Waals surface area contributed by atoms with Gasteiger partial charge in [-0.1, -0.05) is 12.1 Å². The molecule has 17 heteroatoms. The molecule has 6 aromatic rings. The molecule has 0 atom stereocenters. The molecular formula is C44H27N3O14. The second-order valence-electron chi connectivity index (χ2n) is 13.1. The topological polar surface area (TPSA) is 263 Å². The van der Waals surface area contributed by atoms with Gasteiger partial charge in [0.05, 0.1) is 39.1 Å². The molecule has 17 nitrogen and oxygen atoms in total. The third-order valence-electron chi connectivity index (χ3n) is 9.09. The predicted octanol–water partition coefficient (Wildman–Crippen LogP) is 7.37. The Balaban J connectivity index is 1.11. The van der Waals surface area contributed by atoms with Crippen molar-refractivity contribution in [1.29, 1.82) is 0 Å². The van der Waals surface area contributed by atoms with Crippen molar-refractivity contribution in [1.82, 2.24) is 0 Å². The van der Waals surface area contributed by atoms with Crippen molar-refractivity contribution in [2.24, 2.45) is 0 Å². The number of aromatic carboxylic acids is 4. The average molecular weight is 822 g/mol. The van der Waals surface area contributed by atoms with E-state index in [0.29, 0.717) is 0 Å². The number of carbonyl (C=O) groups excluding carboxylic acids is 4. The van der Waals surface area contributed by atoms with E-state index in [1.807, 2.05) is 0 Å². The van der Waals surface area contributed by atoms with E-state index in [0.717, 1.165) is 29.2 Å². The molecule has 1 aliphatic rings. The van der Waals surface area contributed by atoms with Gasteiger partial charge in [-0.3, -0.25) is 19.2 Å². The second kappa shape index (κ2) is 16.4. The van der Waals surface area contributed by atoms with E-state index >= 15 is 0 Å². The van der Waals surface area contributed by atoms with Crippen LogP contribution in [0, 0.1) is 0 Å². The van der Waals surface area contributed by atoms with Crippen LogP contribution in [0.1, 0.15) is 82.9 Å². The van der Waals surface area contributed by atoms with Crippen molar-refractivity contribution >= 4 is 64.6 Å². The van der Waals surface area contributed by atoms with Crippen LogP contribution in [0.2, 0.25) is 0 Å². The quantitative estimate of drug-likeness (QED) is 0.0622. The number of ether oxygens (including phenoxy) is 2. The molecule has 0 bridgehead atoms. The number of imide groups is 1. The van der Waals surface area contributed by atoms with Gasteiger partial charge in [0.1, 0.15) is 23.0 Å². The lowest BCUT2D eigenvalue weighted by Crippen LogP contribution is -2.30. The van der Waals surface area contributed by atoms with Gasteiger partial charge in [-0.25, -0.2) is 24.1 Å². The van der Waals surface area contributed by atoms with Gasteiger partial charge in [-0.15, -0.1) is 0 Å². The first kappa shape index (κ1) is 40.1. The zero-order valence-corrected chi connectivity index (χ0v) is 30.9. The van der Waals surface area contributed by atoms with Gasteiger partial charge >= 0.3 is 23.9 Å². The summed E-state index contributed by atoms with van der Waals surface area (Å²) in [6, 6.07) is 28.5. The van der Waals surface area contributed by atoms with E-state index in [-0.39, 0.29) is 62.3 Å². The van der Waals surface area contributed by atoms with Crippen LogP contribution < -0.4 is 25.0 Å². The van der Waals surface area contributed by atoms with Gasteiger partial charge < -0.3 is 40.5 Å². The third kappa shape index (κ3) is 8.46. The second-order valence-corrected chi connectivity index (χ2v) is 13.1. The summed E-state index contributed by atoms with van der Waals surface area (Å²) in [4.78, 5) is 101. The number of amides is 4. The average Bonchev–Trinajstić information content (AvgIpc) is 3.50. The molecule has 61 heavy (non-hydrogen) atoms. The molecule has 6 N–H and O–H groups in total. The minimum Gasteiger partial charge on any atom is -0.478 e. The number of anilines is 3. The minimum atomic E-state index is -1.46. The Hall–Kier alpha value is -9.12. The van der Waals surface area contributed by atoms with Crippen molar-refractivity contribution in [2.75, 3.05) is 15.5 Å². The number of carboxylic acids is 4. The lowest BCUT2D eigenvalue weighted by Gasteiger charge is -2.17. The van der Waals surface area contributed by atoms with Crippen molar-refractivity contribution in [3.8, 4) is 23.0 Å². The van der Waals surface area contributed by atoms with E-state index in [1.54, 1.807) is 12.1 Å². The van der Waals surface area contributed by atoms with Gasteiger partial charge in [-0.05, 0) is 115 Å². The highest BCUT2D eigenvalue weighted by Gasteiger charge is 2.37. The highest BCUT2D eigenvalue weighted by Crippen LogP contribution is 2.32. The minimum absolute atomic E-state index is 0.0418. The normalized spacial score (nSPS) is 11.6. The molecule has 302 valence electrons. The number of hydrogen-bond donors (Lipinski definition) is 6. The van der Waals surface area contributed by atoms with E-state index in [9.17, 15) is 58.8 Å². The molecule has 6 aromatic carbocycles. The third-order valence-corrected chi connectivity index (χ3v) is 9.09. The highest BCUT2D eigenvalue weighted by molar-refractivity contribution is 6.34. The van der Waals surface area contributed by atoms with Crippen LogP contribution >= 0.6 is 0 Å². The Labute approximate surface area is 342 Å². The van der Waals surface area contributed by atoms with Gasteiger partial charge in [0, 0.05) is 22.5 Å². The van der Waals surface area contributed by atoms with E-state index in [2.05, 4.69) is 10.6 Å². The Morgan fingerprint density at radius 1 is 0.426 bits per heavy atom. The van der Waals surface area contributed by atoms with Crippen molar-refractivity contribution in [2.45, 2.75) is 0 Å². The number of benzene rings is 6. The molecule has 0 saturated carbocycles. The first-order valence-corrected chi connectivity index (χ1v) is 17.7. The fourth-order valence-electron chi connectivity index (χ4n) is 6.22. The predicted molar refractivity (Wildman–Crippen MR) is 214 cm³/mol. The van der Waals surface area contributed by atoms with Gasteiger partial charge in [0.25, 0.3) is 23.6 Å². The molecule has 0 radical (unpaired) electrons. The maximum atomic E-state index is 13.7. The molecule has 0 spiro atoms. The summed E-state index contributed by atoms with van der Waals surface area (Å²) < 4.78 is 11.4. The Bertz CT molecular complexity index is 2660. The summed E-state index contributed by atoms with van der Waals surface area (Å²) in [5.74, 6) is -8.06. The number of hydrogen-bond acceptors (Lipinski definition) is 10. The number of fused-ring (bicyclic) bond motifs is 1. The standard InChI is InChI=1S/C44H27N3O14/c48-37(45-24-5-9-27(10-6-24)60-29-13-15-33(41(52)53)35(20-29)43(56)57)22-17-23(19-26(18-22)47-39(50)31-3-1-2-4-32(31)40(47)51)38(49)46-25-7-11-28(12-8-25)61-30-14-16-34(42(54)55)36(21-30)44(58)59/h1-21H,(H,45,48)(H,46,49)(H,52,53)(H,54,55)(H,56,57)(H,58,59). The van der Waals surface area contributed by atoms with E-state index in [1.165, 1.54) is 91.0 Å². The maximum Gasteiger partial charge on any atom is 0.336 e. The number of carbonyl (C=O) groups is 8. The lowest BCUT2D eigenvalue weighted by atomic mass is 10.1. The summed E-state index contributed by atoms with van der Waals surface area (Å²) in [6.07, 6.45) is 0. The number of nitrogens with one attached hydrogen (secondary N) is 2. The summed E-state index contributed by atoms with van der Waals surface area (Å²) in [5, 5.41) is 42.7. The number of nitrogens with zero attached hydrogens (tertiary/aromatic N) is 1. The molecule has 0 unspecified atom stereocenters. The first-order chi connectivity index (χ1) is 29.2. The summed E-state index contributed by atoms with van der Waals surface area (Å²) in [6.45, 7) is 0. The zero-order chi connectivity index (χ0) is 43.5. The van der Waals surface area contributed by atoms with Crippen LogP contribution in [-0.2, 0) is 0 Å². The van der Waals surface area contributed by atoms with E-state index < -0.39 is 69.8 Å². The molecule has 0 fully saturated rings. The van der Waals surface area contributed by atoms with Crippen molar-refractivity contribution < 1.29 is 68.3 Å². The molecular weight excluding hydrogens is 794 g/mol. The molecule has 0 saturated heterocycles. The SMILES string of the molecule is O=C(Nc1ccc(Oc2ccc(C(=O)O)c(C(=O)O)c2)cc1)c1cc(C(=O)Nc2ccc(Oc3ccc(C(=O)O)c(C(=O)O)c3)cc2)cc(N2C(=O)c3ccccc3C2=O)c1. The molecule has 1 heterocycles.